The maximum absolute atomic E-state index is 6.27. The zero-order valence-electron chi connectivity index (χ0n) is 9.28. The minimum atomic E-state index is 0.678. The average Bonchev–Trinajstić information content (AvgIpc) is 2.89. The molecular formula is C12H13ClN2S2. The van der Waals surface area contributed by atoms with E-state index < -0.39 is 0 Å². The normalized spacial score (nSPS) is 20.2. The molecule has 0 amide bonds. The van der Waals surface area contributed by atoms with Crippen LogP contribution in [0, 0.1) is 4.77 Å². The van der Waals surface area contributed by atoms with Gasteiger partial charge in [-0.25, -0.2) is 0 Å². The molecule has 1 N–H and O–H groups in total. The van der Waals surface area contributed by atoms with Gasteiger partial charge in [0.1, 0.15) is 0 Å². The number of benzene rings is 1. The molecule has 5 heteroatoms. The highest BCUT2D eigenvalue weighted by atomic mass is 35.5. The number of hydrogen-bond acceptors (Lipinski definition) is 2. The summed E-state index contributed by atoms with van der Waals surface area (Å²) in [6, 6.07) is 5.89. The van der Waals surface area contributed by atoms with E-state index in [-0.39, 0.29) is 0 Å². The molecule has 1 unspecified atom stereocenters. The fraction of sp³-hybridized carbons (Fsp3) is 0.417. The summed E-state index contributed by atoms with van der Waals surface area (Å²) in [4.78, 5) is 3.23. The number of halogens is 1. The molecule has 3 rings (SSSR count). The maximum atomic E-state index is 6.27. The van der Waals surface area contributed by atoms with Gasteiger partial charge in [0.05, 0.1) is 16.1 Å². The summed E-state index contributed by atoms with van der Waals surface area (Å²) in [6.45, 7) is 0.966. The summed E-state index contributed by atoms with van der Waals surface area (Å²) in [5, 5.41) is 1.45. The Kier molecular flexibility index (Phi) is 3.19. The number of aromatic nitrogens is 2. The van der Waals surface area contributed by atoms with Crippen LogP contribution in [-0.4, -0.2) is 20.6 Å². The molecule has 90 valence electrons. The standard InChI is InChI=1S/C12H13ClN2S2/c13-9-4-1-5-10-11(9)15(12(16)14-10)7-8-3-2-6-17-8/h1,4-5,8H,2-3,6-7H2,(H,14,16). The molecule has 0 aliphatic carbocycles. The van der Waals surface area contributed by atoms with Gasteiger partial charge in [-0.15, -0.1) is 0 Å². The Balaban J connectivity index is 2.08. The quantitative estimate of drug-likeness (QED) is 0.832. The van der Waals surface area contributed by atoms with E-state index >= 15 is 0 Å². The highest BCUT2D eigenvalue weighted by molar-refractivity contribution is 8.00. The van der Waals surface area contributed by atoms with Crippen molar-refractivity contribution in [2.75, 3.05) is 5.75 Å². The number of hydrogen-bond donors (Lipinski definition) is 1. The highest BCUT2D eigenvalue weighted by Gasteiger charge is 2.18. The SMILES string of the molecule is S=c1[nH]c2cccc(Cl)c2n1CC1CCCS1. The first-order valence-corrected chi connectivity index (χ1v) is 7.58. The number of para-hydroxylation sites is 1. The van der Waals surface area contributed by atoms with Gasteiger partial charge >= 0.3 is 0 Å². The van der Waals surface area contributed by atoms with E-state index in [0.29, 0.717) is 5.25 Å². The molecule has 0 radical (unpaired) electrons. The Bertz CT molecular complexity index is 596. The molecule has 1 saturated heterocycles. The van der Waals surface area contributed by atoms with Crippen LogP contribution in [-0.2, 0) is 6.54 Å². The van der Waals surface area contributed by atoms with E-state index in [1.807, 2.05) is 30.0 Å². The van der Waals surface area contributed by atoms with Gasteiger partial charge in [-0.05, 0) is 42.9 Å². The van der Waals surface area contributed by atoms with Gasteiger partial charge in [-0.1, -0.05) is 17.7 Å². The van der Waals surface area contributed by atoms with Gasteiger partial charge in [0.15, 0.2) is 4.77 Å². The van der Waals surface area contributed by atoms with Crippen molar-refractivity contribution in [1.29, 1.82) is 0 Å². The number of H-pyrrole nitrogens is 1. The lowest BCUT2D eigenvalue weighted by molar-refractivity contribution is 0.645. The first kappa shape index (κ1) is 11.6. The molecule has 1 aliphatic heterocycles. The lowest BCUT2D eigenvalue weighted by Crippen LogP contribution is -2.09. The van der Waals surface area contributed by atoms with Crippen molar-refractivity contribution < 1.29 is 0 Å². The first-order valence-electron chi connectivity index (χ1n) is 5.74. The Hall–Kier alpha value is -0.450. The predicted molar refractivity (Wildman–Crippen MR) is 77.6 cm³/mol. The molecule has 0 saturated carbocycles. The third-order valence-electron chi connectivity index (χ3n) is 3.15. The monoisotopic (exact) mass is 284 g/mol. The van der Waals surface area contributed by atoms with Gasteiger partial charge in [-0.2, -0.15) is 11.8 Å². The van der Waals surface area contributed by atoms with Crippen LogP contribution in [0.4, 0.5) is 0 Å². The predicted octanol–water partition coefficient (Wildman–Crippen LogP) is 4.25. The van der Waals surface area contributed by atoms with Crippen LogP contribution in [0.1, 0.15) is 12.8 Å². The van der Waals surface area contributed by atoms with Gasteiger partial charge in [0, 0.05) is 11.8 Å². The molecule has 0 bridgehead atoms. The third kappa shape index (κ3) is 2.14. The van der Waals surface area contributed by atoms with Crippen LogP contribution in [0.15, 0.2) is 18.2 Å². The fourth-order valence-electron chi connectivity index (χ4n) is 2.34. The van der Waals surface area contributed by atoms with Crippen molar-refractivity contribution >= 4 is 46.6 Å². The maximum Gasteiger partial charge on any atom is 0.178 e. The molecule has 2 heterocycles. The van der Waals surface area contributed by atoms with Crippen LogP contribution in [0.25, 0.3) is 11.0 Å². The minimum Gasteiger partial charge on any atom is -0.331 e. The number of fused-ring (bicyclic) bond motifs is 1. The lowest BCUT2D eigenvalue weighted by atomic mass is 10.2. The summed E-state index contributed by atoms with van der Waals surface area (Å²) in [5.74, 6) is 1.27. The fourth-order valence-corrected chi connectivity index (χ4v) is 4.15. The molecule has 1 aliphatic rings. The lowest BCUT2D eigenvalue weighted by Gasteiger charge is -2.10. The number of thioether (sulfide) groups is 1. The van der Waals surface area contributed by atoms with E-state index in [0.717, 1.165) is 27.4 Å². The second kappa shape index (κ2) is 4.67. The van der Waals surface area contributed by atoms with Crippen LogP contribution in [0.5, 0.6) is 0 Å². The largest absolute Gasteiger partial charge is 0.331 e. The van der Waals surface area contributed by atoms with Crippen molar-refractivity contribution in [2.45, 2.75) is 24.6 Å². The number of imidazole rings is 1. The summed E-state index contributed by atoms with van der Waals surface area (Å²) in [5.41, 5.74) is 2.08. The van der Waals surface area contributed by atoms with Gasteiger partial charge < -0.3 is 9.55 Å². The number of rotatable bonds is 2. The van der Waals surface area contributed by atoms with Crippen molar-refractivity contribution in [3.63, 3.8) is 0 Å². The molecule has 1 atom stereocenters. The van der Waals surface area contributed by atoms with E-state index in [9.17, 15) is 0 Å². The van der Waals surface area contributed by atoms with Crippen LogP contribution >= 0.6 is 35.6 Å². The molecule has 1 aromatic carbocycles. The van der Waals surface area contributed by atoms with Crippen LogP contribution in [0.2, 0.25) is 5.02 Å². The average molecular weight is 285 g/mol. The van der Waals surface area contributed by atoms with Crippen molar-refractivity contribution in [3.05, 3.63) is 28.0 Å². The Morgan fingerprint density at radius 3 is 3.18 bits per heavy atom. The summed E-state index contributed by atoms with van der Waals surface area (Å²) in [7, 11) is 0. The molecule has 2 nitrogen and oxygen atoms in total. The zero-order valence-corrected chi connectivity index (χ0v) is 11.7. The Morgan fingerprint density at radius 1 is 1.53 bits per heavy atom. The van der Waals surface area contributed by atoms with Crippen molar-refractivity contribution in [3.8, 4) is 0 Å². The number of aromatic amines is 1. The molecule has 1 aromatic heterocycles. The summed E-state index contributed by atoms with van der Waals surface area (Å²) in [6.07, 6.45) is 2.60. The number of nitrogens with zero attached hydrogens (tertiary/aromatic N) is 1. The number of nitrogens with one attached hydrogen (secondary N) is 1. The van der Waals surface area contributed by atoms with Gasteiger partial charge in [0.2, 0.25) is 0 Å². The van der Waals surface area contributed by atoms with Gasteiger partial charge in [-0.3, -0.25) is 0 Å². The second-order valence-corrected chi connectivity index (χ2v) is 6.51. The van der Waals surface area contributed by atoms with Crippen LogP contribution in [0.3, 0.4) is 0 Å². The van der Waals surface area contributed by atoms with E-state index in [2.05, 4.69) is 9.55 Å². The van der Waals surface area contributed by atoms with E-state index in [1.54, 1.807) is 0 Å². The zero-order chi connectivity index (χ0) is 11.8. The molecule has 0 spiro atoms. The Morgan fingerprint density at radius 2 is 2.41 bits per heavy atom. The second-order valence-electron chi connectivity index (χ2n) is 4.31. The minimum absolute atomic E-state index is 0.678. The summed E-state index contributed by atoms with van der Waals surface area (Å²) < 4.78 is 2.93. The smallest absolute Gasteiger partial charge is 0.178 e. The highest BCUT2D eigenvalue weighted by Crippen LogP contribution is 2.30. The summed E-state index contributed by atoms with van der Waals surface area (Å²) >= 11 is 13.7. The van der Waals surface area contributed by atoms with Crippen LogP contribution < -0.4 is 0 Å². The molecule has 17 heavy (non-hydrogen) atoms. The topological polar surface area (TPSA) is 20.7 Å². The van der Waals surface area contributed by atoms with Gasteiger partial charge in [0.25, 0.3) is 0 Å². The van der Waals surface area contributed by atoms with Crippen molar-refractivity contribution in [1.82, 2.24) is 9.55 Å². The molecular weight excluding hydrogens is 272 g/mol. The third-order valence-corrected chi connectivity index (χ3v) is 5.16. The van der Waals surface area contributed by atoms with E-state index in [1.165, 1.54) is 18.6 Å². The molecule has 2 aromatic rings. The van der Waals surface area contributed by atoms with Crippen molar-refractivity contribution in [2.24, 2.45) is 0 Å². The van der Waals surface area contributed by atoms with E-state index in [4.69, 9.17) is 23.8 Å². The molecule has 1 fully saturated rings. The Labute approximate surface area is 114 Å². The first-order chi connectivity index (χ1) is 8.25.